The molecular weight excluding hydrogens is 492 g/mol. The van der Waals surface area contributed by atoms with Gasteiger partial charge < -0.3 is 29.7 Å². The van der Waals surface area contributed by atoms with E-state index < -0.39 is 17.1 Å². The normalized spacial score (nSPS) is 17.7. The molecule has 5 heterocycles. The fraction of sp³-hybridized carbons (Fsp3) is 0.360. The fourth-order valence-electron chi connectivity index (χ4n) is 4.19. The topological polar surface area (TPSA) is 165 Å². The molecule has 1 amide bonds. The van der Waals surface area contributed by atoms with Gasteiger partial charge in [-0.3, -0.25) is 9.48 Å². The number of anilines is 2. The number of aliphatic hydroxyl groups is 2. The number of hydrogen-bond acceptors (Lipinski definition) is 11. The molecule has 0 unspecified atom stereocenters. The number of hydrogen-bond donors (Lipinski definition) is 3. The van der Waals surface area contributed by atoms with Crippen molar-refractivity contribution in [3.63, 3.8) is 0 Å². The van der Waals surface area contributed by atoms with Crippen LogP contribution in [0.4, 0.5) is 11.6 Å². The highest BCUT2D eigenvalue weighted by Crippen LogP contribution is 2.34. The quantitative estimate of drug-likeness (QED) is 0.311. The van der Waals surface area contributed by atoms with Gasteiger partial charge in [0.05, 0.1) is 42.5 Å². The second-order valence-corrected chi connectivity index (χ2v) is 9.77. The number of methoxy groups -OCH3 is 1. The van der Waals surface area contributed by atoms with E-state index in [0.717, 1.165) is 0 Å². The van der Waals surface area contributed by atoms with Crippen LogP contribution in [0.2, 0.25) is 0 Å². The predicted molar refractivity (Wildman–Crippen MR) is 135 cm³/mol. The van der Waals surface area contributed by atoms with Crippen LogP contribution < -0.4 is 10.1 Å². The smallest absolute Gasteiger partial charge is 0.262 e. The zero-order valence-corrected chi connectivity index (χ0v) is 21.4. The molecule has 1 fully saturated rings. The lowest BCUT2D eigenvalue weighted by Crippen LogP contribution is -2.35. The Labute approximate surface area is 218 Å². The van der Waals surface area contributed by atoms with E-state index in [0.29, 0.717) is 46.8 Å². The van der Waals surface area contributed by atoms with Gasteiger partial charge in [-0.15, -0.1) is 5.10 Å². The Hall–Kier alpha value is -4.36. The molecule has 198 valence electrons. The largest absolute Gasteiger partial charge is 0.478 e. The van der Waals surface area contributed by atoms with E-state index in [9.17, 15) is 15.0 Å². The first-order chi connectivity index (χ1) is 18.1. The molecule has 1 aliphatic rings. The lowest BCUT2D eigenvalue weighted by atomic mass is 9.98. The summed E-state index contributed by atoms with van der Waals surface area (Å²) >= 11 is 0. The van der Waals surface area contributed by atoms with Gasteiger partial charge >= 0.3 is 0 Å². The SMILES string of the molecule is COc1nn(CC(C)(C)O)cc1Nc1nccc(-c2cccc(-c3cc([C@]4(O)CCN(C)C4=O)on3)n2)n1. The lowest BCUT2D eigenvalue weighted by molar-refractivity contribution is -0.144. The number of likely N-dealkylation sites (N-methyl/N-ethyl adjacent to an activating group) is 1. The van der Waals surface area contributed by atoms with Gasteiger partial charge in [0.25, 0.3) is 11.8 Å². The Morgan fingerprint density at radius 1 is 1.18 bits per heavy atom. The van der Waals surface area contributed by atoms with Crippen LogP contribution in [0.15, 0.2) is 47.2 Å². The summed E-state index contributed by atoms with van der Waals surface area (Å²) in [5.41, 5.74) is -0.175. The molecular formula is C25H28N8O5. The third kappa shape index (κ3) is 4.93. The molecule has 0 spiro atoms. The molecule has 4 aromatic heterocycles. The number of carbonyl (C=O) groups excluding carboxylic acids is 1. The van der Waals surface area contributed by atoms with Crippen LogP contribution in [0, 0.1) is 0 Å². The van der Waals surface area contributed by atoms with Gasteiger partial charge in [0.15, 0.2) is 5.76 Å². The number of pyridine rings is 1. The summed E-state index contributed by atoms with van der Waals surface area (Å²) in [6.07, 6.45) is 3.52. The fourth-order valence-corrected chi connectivity index (χ4v) is 4.19. The Morgan fingerprint density at radius 2 is 1.92 bits per heavy atom. The second-order valence-electron chi connectivity index (χ2n) is 9.77. The van der Waals surface area contributed by atoms with Crippen LogP contribution in [0.1, 0.15) is 26.0 Å². The van der Waals surface area contributed by atoms with Crippen LogP contribution in [-0.2, 0) is 16.9 Å². The zero-order chi connectivity index (χ0) is 27.1. The maximum absolute atomic E-state index is 12.4. The van der Waals surface area contributed by atoms with E-state index in [2.05, 4.69) is 30.5 Å². The number of carbonyl (C=O) groups is 1. The van der Waals surface area contributed by atoms with E-state index in [1.807, 2.05) is 0 Å². The minimum absolute atomic E-state index is 0.0849. The maximum atomic E-state index is 12.4. The van der Waals surface area contributed by atoms with Crippen molar-refractivity contribution >= 4 is 17.5 Å². The summed E-state index contributed by atoms with van der Waals surface area (Å²) in [5.74, 6) is 0.288. The molecule has 3 N–H and O–H groups in total. The Balaban J connectivity index is 1.39. The molecule has 0 saturated carbocycles. The van der Waals surface area contributed by atoms with Crippen LogP contribution in [0.25, 0.3) is 22.8 Å². The number of ether oxygens (including phenoxy) is 1. The standard InChI is InChI=1S/C25H28N8O5/c1-24(2,35)14-33-13-19(21(30-33)37-4)29-23-26-10-8-17(28-23)15-6-5-7-16(27-15)18-12-20(38-31-18)25(36)9-11-32(3)22(25)34/h5-8,10,12-13,35-36H,9,11,14H2,1-4H3,(H,26,28,29)/t25-/m1/s1. The van der Waals surface area contributed by atoms with E-state index in [-0.39, 0.29) is 18.7 Å². The molecule has 13 heteroatoms. The van der Waals surface area contributed by atoms with Gasteiger partial charge in [-0.05, 0) is 32.0 Å². The Kier molecular flexibility index (Phi) is 6.33. The summed E-state index contributed by atoms with van der Waals surface area (Å²) < 4.78 is 12.3. The third-order valence-electron chi connectivity index (χ3n) is 6.07. The van der Waals surface area contributed by atoms with Crippen LogP contribution in [0.3, 0.4) is 0 Å². The van der Waals surface area contributed by atoms with Crippen molar-refractivity contribution < 1.29 is 24.3 Å². The average molecular weight is 521 g/mol. The molecule has 13 nitrogen and oxygen atoms in total. The number of aromatic nitrogens is 6. The van der Waals surface area contributed by atoms with Crippen molar-refractivity contribution in [1.82, 2.24) is 34.8 Å². The first kappa shape index (κ1) is 25.3. The van der Waals surface area contributed by atoms with Gasteiger partial charge in [0, 0.05) is 32.3 Å². The molecule has 0 aliphatic carbocycles. The van der Waals surface area contributed by atoms with Crippen molar-refractivity contribution in [1.29, 1.82) is 0 Å². The van der Waals surface area contributed by atoms with Gasteiger partial charge in [0.1, 0.15) is 11.4 Å². The molecule has 1 saturated heterocycles. The van der Waals surface area contributed by atoms with Crippen LogP contribution in [0.5, 0.6) is 5.88 Å². The minimum atomic E-state index is -1.73. The van der Waals surface area contributed by atoms with Gasteiger partial charge in [-0.2, -0.15) is 0 Å². The molecule has 38 heavy (non-hydrogen) atoms. The highest BCUT2D eigenvalue weighted by molar-refractivity contribution is 5.87. The molecule has 1 aliphatic heterocycles. The lowest BCUT2D eigenvalue weighted by Gasteiger charge is -2.16. The van der Waals surface area contributed by atoms with Gasteiger partial charge in [-0.1, -0.05) is 11.2 Å². The second kappa shape index (κ2) is 9.50. The minimum Gasteiger partial charge on any atom is -0.478 e. The first-order valence-electron chi connectivity index (χ1n) is 11.9. The monoisotopic (exact) mass is 520 g/mol. The van der Waals surface area contributed by atoms with E-state index >= 15 is 0 Å². The number of amides is 1. The molecule has 0 radical (unpaired) electrons. The first-order valence-corrected chi connectivity index (χ1v) is 11.9. The summed E-state index contributed by atoms with van der Waals surface area (Å²) in [5, 5.41) is 32.4. The molecule has 0 bridgehead atoms. The average Bonchev–Trinajstić information content (AvgIpc) is 3.59. The number of nitrogens with zero attached hydrogens (tertiary/aromatic N) is 7. The third-order valence-corrected chi connectivity index (χ3v) is 6.07. The number of nitrogens with one attached hydrogen (secondary N) is 1. The summed E-state index contributed by atoms with van der Waals surface area (Å²) in [6.45, 7) is 4.08. The van der Waals surface area contributed by atoms with Crippen molar-refractivity contribution in [2.45, 2.75) is 38.0 Å². The zero-order valence-electron chi connectivity index (χ0n) is 21.4. The van der Waals surface area contributed by atoms with Gasteiger partial charge in [0.2, 0.25) is 11.5 Å². The van der Waals surface area contributed by atoms with Gasteiger partial charge in [-0.25, -0.2) is 15.0 Å². The molecule has 0 aromatic carbocycles. The molecule has 1 atom stereocenters. The van der Waals surface area contributed by atoms with Crippen molar-refractivity contribution in [3.8, 4) is 28.7 Å². The number of rotatable bonds is 8. The van der Waals surface area contributed by atoms with Crippen LogP contribution in [-0.4, -0.2) is 77.2 Å². The highest BCUT2D eigenvalue weighted by atomic mass is 16.5. The Morgan fingerprint density at radius 3 is 2.61 bits per heavy atom. The summed E-state index contributed by atoms with van der Waals surface area (Å²) in [4.78, 5) is 27.4. The molecule has 5 rings (SSSR count). The summed E-state index contributed by atoms with van der Waals surface area (Å²) in [7, 11) is 3.13. The van der Waals surface area contributed by atoms with E-state index in [1.54, 1.807) is 62.2 Å². The summed E-state index contributed by atoms with van der Waals surface area (Å²) in [6, 6.07) is 8.60. The van der Waals surface area contributed by atoms with Crippen molar-refractivity contribution in [2.24, 2.45) is 0 Å². The predicted octanol–water partition coefficient (Wildman–Crippen LogP) is 1.96. The van der Waals surface area contributed by atoms with Crippen molar-refractivity contribution in [2.75, 3.05) is 26.0 Å². The van der Waals surface area contributed by atoms with E-state index in [4.69, 9.17) is 9.26 Å². The maximum Gasteiger partial charge on any atom is 0.262 e. The number of likely N-dealkylation sites (tertiary alicyclic amines) is 1. The highest BCUT2D eigenvalue weighted by Gasteiger charge is 2.48. The Bertz CT molecular complexity index is 1480. The van der Waals surface area contributed by atoms with Crippen molar-refractivity contribution in [3.05, 3.63) is 48.5 Å². The van der Waals surface area contributed by atoms with Crippen LogP contribution >= 0.6 is 0 Å². The van der Waals surface area contributed by atoms with E-state index in [1.165, 1.54) is 18.1 Å². The molecule has 4 aromatic rings.